The second-order valence-electron chi connectivity index (χ2n) is 3.92. The van der Waals surface area contributed by atoms with Crippen LogP contribution < -0.4 is 10.2 Å². The Morgan fingerprint density at radius 2 is 2.07 bits per heavy atom. The van der Waals surface area contributed by atoms with Gasteiger partial charge in [0.25, 0.3) is 0 Å². The first-order chi connectivity index (χ1) is 6.61. The highest BCUT2D eigenvalue weighted by atomic mass is 79.9. The van der Waals surface area contributed by atoms with Gasteiger partial charge in [0.15, 0.2) is 0 Å². The summed E-state index contributed by atoms with van der Waals surface area (Å²) in [5, 5.41) is 3.51. The maximum Gasteiger partial charge on any atom is 0.0746 e. The van der Waals surface area contributed by atoms with Crippen LogP contribution in [0.4, 0.5) is 11.4 Å². The smallest absolute Gasteiger partial charge is 0.0746 e. The Morgan fingerprint density at radius 1 is 1.36 bits per heavy atom. The second kappa shape index (κ2) is 3.46. The summed E-state index contributed by atoms with van der Waals surface area (Å²) in [6.07, 6.45) is 0. The molecular weight excluding hydrogens is 240 g/mol. The molecule has 1 aromatic carbocycles. The van der Waals surface area contributed by atoms with Crippen LogP contribution in [0.25, 0.3) is 0 Å². The molecule has 0 bridgehead atoms. The fourth-order valence-corrected chi connectivity index (χ4v) is 2.54. The molecule has 0 aliphatic carbocycles. The first kappa shape index (κ1) is 9.84. The Kier molecular flexibility index (Phi) is 2.43. The van der Waals surface area contributed by atoms with E-state index in [0.29, 0.717) is 12.1 Å². The number of nitrogens with zero attached hydrogens (tertiary/aromatic N) is 1. The zero-order valence-electron chi connectivity index (χ0n) is 8.71. The highest BCUT2D eigenvalue weighted by molar-refractivity contribution is 9.10. The molecule has 0 aromatic heterocycles. The van der Waals surface area contributed by atoms with Gasteiger partial charge in [-0.3, -0.25) is 0 Å². The summed E-state index contributed by atoms with van der Waals surface area (Å²) >= 11 is 3.59. The molecule has 0 saturated carbocycles. The van der Waals surface area contributed by atoms with E-state index in [0.717, 1.165) is 4.47 Å². The standard InChI is InChI=1S/C11H15BrN2/c1-7-8(2)14(3)11-9(12)5-4-6-10(11)13-7/h4-8,13H,1-3H3. The highest BCUT2D eigenvalue weighted by Gasteiger charge is 2.26. The first-order valence-corrected chi connectivity index (χ1v) is 5.68. The third-order valence-corrected chi connectivity index (χ3v) is 3.70. The van der Waals surface area contributed by atoms with Gasteiger partial charge < -0.3 is 10.2 Å². The van der Waals surface area contributed by atoms with Crippen molar-refractivity contribution in [3.05, 3.63) is 22.7 Å². The fourth-order valence-electron chi connectivity index (χ4n) is 1.90. The lowest BCUT2D eigenvalue weighted by molar-refractivity contribution is 0.586. The molecule has 0 spiro atoms. The number of hydrogen-bond donors (Lipinski definition) is 1. The number of halogens is 1. The number of fused-ring (bicyclic) bond motifs is 1. The van der Waals surface area contributed by atoms with Crippen LogP contribution in [0.3, 0.4) is 0 Å². The van der Waals surface area contributed by atoms with Gasteiger partial charge in [0, 0.05) is 23.6 Å². The van der Waals surface area contributed by atoms with Crippen LogP contribution in [0.15, 0.2) is 22.7 Å². The van der Waals surface area contributed by atoms with Gasteiger partial charge >= 0.3 is 0 Å². The minimum Gasteiger partial charge on any atom is -0.379 e. The van der Waals surface area contributed by atoms with E-state index >= 15 is 0 Å². The van der Waals surface area contributed by atoms with Crippen LogP contribution in [0.5, 0.6) is 0 Å². The molecular formula is C11H15BrN2. The van der Waals surface area contributed by atoms with Crippen LogP contribution in [-0.2, 0) is 0 Å². The molecule has 0 saturated heterocycles. The van der Waals surface area contributed by atoms with E-state index < -0.39 is 0 Å². The number of benzene rings is 1. The monoisotopic (exact) mass is 254 g/mol. The van der Waals surface area contributed by atoms with Gasteiger partial charge in [-0.05, 0) is 41.9 Å². The molecule has 3 heteroatoms. The van der Waals surface area contributed by atoms with Crippen molar-refractivity contribution in [2.45, 2.75) is 25.9 Å². The van der Waals surface area contributed by atoms with Crippen molar-refractivity contribution in [3.8, 4) is 0 Å². The van der Waals surface area contributed by atoms with Crippen molar-refractivity contribution in [3.63, 3.8) is 0 Å². The number of nitrogens with one attached hydrogen (secondary N) is 1. The van der Waals surface area contributed by atoms with Gasteiger partial charge in [0.1, 0.15) is 0 Å². The predicted octanol–water partition coefficient (Wildman–Crippen LogP) is 3.09. The van der Waals surface area contributed by atoms with Crippen molar-refractivity contribution in [2.75, 3.05) is 17.3 Å². The van der Waals surface area contributed by atoms with Gasteiger partial charge in [-0.2, -0.15) is 0 Å². The summed E-state index contributed by atoms with van der Waals surface area (Å²) in [7, 11) is 2.14. The van der Waals surface area contributed by atoms with E-state index in [1.807, 2.05) is 0 Å². The molecule has 2 nitrogen and oxygen atoms in total. The molecule has 1 heterocycles. The van der Waals surface area contributed by atoms with Crippen molar-refractivity contribution in [1.82, 2.24) is 0 Å². The summed E-state index contributed by atoms with van der Waals surface area (Å²) in [5.74, 6) is 0. The van der Waals surface area contributed by atoms with Crippen LogP contribution in [0.1, 0.15) is 13.8 Å². The third kappa shape index (κ3) is 1.40. The summed E-state index contributed by atoms with van der Waals surface area (Å²) < 4.78 is 1.16. The van der Waals surface area contributed by atoms with Crippen LogP contribution in [0, 0.1) is 0 Å². The van der Waals surface area contributed by atoms with Gasteiger partial charge in [-0.15, -0.1) is 0 Å². The lowest BCUT2D eigenvalue weighted by atomic mass is 10.0. The summed E-state index contributed by atoms with van der Waals surface area (Å²) in [4.78, 5) is 2.32. The van der Waals surface area contributed by atoms with Gasteiger partial charge in [-0.25, -0.2) is 0 Å². The normalized spacial score (nSPS) is 25.6. The molecule has 0 amide bonds. The van der Waals surface area contributed by atoms with E-state index in [-0.39, 0.29) is 0 Å². The highest BCUT2D eigenvalue weighted by Crippen LogP contribution is 2.38. The van der Waals surface area contributed by atoms with Gasteiger partial charge in [0.05, 0.1) is 11.4 Å². The van der Waals surface area contributed by atoms with Crippen molar-refractivity contribution in [1.29, 1.82) is 0 Å². The Hall–Kier alpha value is -0.700. The number of rotatable bonds is 0. The number of anilines is 2. The van der Waals surface area contributed by atoms with Crippen LogP contribution >= 0.6 is 15.9 Å². The van der Waals surface area contributed by atoms with Crippen LogP contribution in [0.2, 0.25) is 0 Å². The minimum atomic E-state index is 0.488. The molecule has 0 radical (unpaired) electrons. The molecule has 14 heavy (non-hydrogen) atoms. The number of likely N-dealkylation sites (N-methyl/N-ethyl adjacent to an activating group) is 1. The molecule has 1 aromatic rings. The van der Waals surface area contributed by atoms with Gasteiger partial charge in [0.2, 0.25) is 0 Å². The van der Waals surface area contributed by atoms with Crippen molar-refractivity contribution < 1.29 is 0 Å². The van der Waals surface area contributed by atoms with E-state index in [4.69, 9.17) is 0 Å². The quantitative estimate of drug-likeness (QED) is 0.766. The summed E-state index contributed by atoms with van der Waals surface area (Å²) in [6.45, 7) is 4.45. The zero-order chi connectivity index (χ0) is 10.3. The van der Waals surface area contributed by atoms with Crippen molar-refractivity contribution >= 4 is 27.3 Å². The average molecular weight is 255 g/mol. The Bertz CT molecular complexity index is 351. The zero-order valence-corrected chi connectivity index (χ0v) is 10.3. The van der Waals surface area contributed by atoms with Gasteiger partial charge in [-0.1, -0.05) is 6.07 Å². The number of para-hydroxylation sites is 1. The largest absolute Gasteiger partial charge is 0.379 e. The Morgan fingerprint density at radius 3 is 2.79 bits per heavy atom. The molecule has 2 unspecified atom stereocenters. The lowest BCUT2D eigenvalue weighted by Crippen LogP contribution is -2.45. The van der Waals surface area contributed by atoms with Crippen LogP contribution in [-0.4, -0.2) is 19.1 Å². The first-order valence-electron chi connectivity index (χ1n) is 4.89. The molecule has 0 fully saturated rings. The van der Waals surface area contributed by atoms with E-state index in [1.165, 1.54) is 11.4 Å². The lowest BCUT2D eigenvalue weighted by Gasteiger charge is -2.39. The predicted molar refractivity (Wildman–Crippen MR) is 65.1 cm³/mol. The van der Waals surface area contributed by atoms with E-state index in [2.05, 4.69) is 65.2 Å². The summed E-state index contributed by atoms with van der Waals surface area (Å²) in [6, 6.07) is 7.27. The van der Waals surface area contributed by atoms with E-state index in [1.54, 1.807) is 0 Å². The maximum atomic E-state index is 3.59. The molecule has 1 aliphatic rings. The molecule has 2 atom stereocenters. The SMILES string of the molecule is CC1Nc2cccc(Br)c2N(C)C1C. The maximum absolute atomic E-state index is 3.59. The minimum absolute atomic E-state index is 0.488. The Balaban J connectivity index is 2.51. The molecule has 76 valence electrons. The average Bonchev–Trinajstić information content (AvgIpc) is 2.14. The summed E-state index contributed by atoms with van der Waals surface area (Å²) in [5.41, 5.74) is 2.48. The molecule has 1 N–H and O–H groups in total. The second-order valence-corrected chi connectivity index (χ2v) is 4.77. The Labute approximate surface area is 93.4 Å². The number of hydrogen-bond acceptors (Lipinski definition) is 2. The van der Waals surface area contributed by atoms with Crippen molar-refractivity contribution in [2.24, 2.45) is 0 Å². The molecule has 1 aliphatic heterocycles. The topological polar surface area (TPSA) is 15.3 Å². The molecule has 2 rings (SSSR count). The fraction of sp³-hybridized carbons (Fsp3) is 0.455. The third-order valence-electron chi connectivity index (χ3n) is 3.06. The van der Waals surface area contributed by atoms with E-state index in [9.17, 15) is 0 Å².